The van der Waals surface area contributed by atoms with Crippen molar-refractivity contribution in [3.8, 4) is 0 Å². The van der Waals surface area contributed by atoms with Crippen LogP contribution in [0.5, 0.6) is 0 Å². The van der Waals surface area contributed by atoms with Crippen molar-refractivity contribution in [2.45, 2.75) is 6.42 Å². The first-order valence-electron chi connectivity index (χ1n) is 4.04. The Morgan fingerprint density at radius 1 is 1.31 bits per heavy atom. The van der Waals surface area contributed by atoms with E-state index in [0.717, 1.165) is 5.56 Å². The van der Waals surface area contributed by atoms with Gasteiger partial charge in [0.25, 0.3) is 0 Å². The van der Waals surface area contributed by atoms with Crippen LogP contribution in [0.4, 0.5) is 0 Å². The van der Waals surface area contributed by atoms with Crippen molar-refractivity contribution in [3.63, 3.8) is 0 Å². The Balaban J connectivity index is 2.65. The van der Waals surface area contributed by atoms with E-state index in [4.69, 9.17) is 0 Å². The van der Waals surface area contributed by atoms with Crippen molar-refractivity contribution >= 4 is 12.1 Å². The second kappa shape index (κ2) is 2.98. The molecule has 1 aromatic rings. The van der Waals surface area contributed by atoms with Gasteiger partial charge in [-0.3, -0.25) is 9.59 Å². The fourth-order valence-electron chi connectivity index (χ4n) is 1.51. The number of rotatable bonds is 1. The Morgan fingerprint density at radius 2 is 2.15 bits per heavy atom. The fourth-order valence-corrected chi connectivity index (χ4v) is 1.51. The third kappa shape index (κ3) is 1.20. The predicted octanol–water partition coefficient (Wildman–Crippen LogP) is 1.44. The highest BCUT2D eigenvalue weighted by atomic mass is 16.1. The first kappa shape index (κ1) is 7.92. The van der Waals surface area contributed by atoms with Crippen LogP contribution < -0.4 is 0 Å². The molecule has 1 aliphatic carbocycles. The average molecular weight is 171 g/mol. The van der Waals surface area contributed by atoms with Crippen molar-refractivity contribution in [2.75, 3.05) is 0 Å². The molecule has 2 rings (SSSR count). The summed E-state index contributed by atoms with van der Waals surface area (Å²) in [4.78, 5) is 21.9. The quantitative estimate of drug-likeness (QED) is 0.640. The van der Waals surface area contributed by atoms with Crippen molar-refractivity contribution in [1.82, 2.24) is 0 Å². The second-order valence-electron chi connectivity index (χ2n) is 2.90. The van der Waals surface area contributed by atoms with Crippen molar-refractivity contribution in [2.24, 2.45) is 0 Å². The first-order chi connectivity index (χ1) is 6.33. The molecule has 0 amide bonds. The number of benzene rings is 1. The number of carbonyl (C=O) groups is 1. The maximum absolute atomic E-state index is 11.3. The van der Waals surface area contributed by atoms with E-state index in [-0.39, 0.29) is 5.78 Å². The lowest BCUT2D eigenvalue weighted by Gasteiger charge is -2.10. The smallest absolute Gasteiger partial charge is 0.233 e. The highest BCUT2D eigenvalue weighted by molar-refractivity contribution is 6.07. The Morgan fingerprint density at radius 3 is 2.92 bits per heavy atom. The normalized spacial score (nSPS) is 14.0. The van der Waals surface area contributed by atoms with E-state index in [0.29, 0.717) is 17.5 Å². The third-order valence-electron chi connectivity index (χ3n) is 2.14. The molecule has 2 heteroatoms. The van der Waals surface area contributed by atoms with Crippen LogP contribution in [-0.2, 0) is 11.2 Å². The molecule has 0 spiro atoms. The summed E-state index contributed by atoms with van der Waals surface area (Å²) in [5.41, 5.74) is 1.92. The van der Waals surface area contributed by atoms with E-state index in [1.54, 1.807) is 24.3 Å². The van der Waals surface area contributed by atoms with E-state index >= 15 is 0 Å². The van der Waals surface area contributed by atoms with Gasteiger partial charge in [-0.25, -0.2) is 0 Å². The molecule has 1 aromatic carbocycles. The van der Waals surface area contributed by atoms with Crippen LogP contribution in [0.25, 0.3) is 0 Å². The van der Waals surface area contributed by atoms with Crippen molar-refractivity contribution in [1.29, 1.82) is 0 Å². The maximum Gasteiger partial charge on any atom is 0.233 e. The Bertz CT molecular complexity index is 403. The number of allylic oxidation sites excluding steroid dienone is 2. The number of ketones is 1. The van der Waals surface area contributed by atoms with E-state index < -0.39 is 0 Å². The van der Waals surface area contributed by atoms with Gasteiger partial charge >= 0.3 is 0 Å². The van der Waals surface area contributed by atoms with Gasteiger partial charge in [0.2, 0.25) is 6.29 Å². The number of fused-ring (bicyclic) bond motifs is 1. The van der Waals surface area contributed by atoms with E-state index in [1.165, 1.54) is 6.08 Å². The van der Waals surface area contributed by atoms with E-state index in [9.17, 15) is 9.59 Å². The van der Waals surface area contributed by atoms with Gasteiger partial charge in [-0.2, -0.15) is 0 Å². The van der Waals surface area contributed by atoms with Gasteiger partial charge in [0.15, 0.2) is 5.78 Å². The molecule has 0 unspecified atom stereocenters. The van der Waals surface area contributed by atoms with Gasteiger partial charge in [-0.1, -0.05) is 24.3 Å². The molecular formula is C11H7O2. The lowest BCUT2D eigenvalue weighted by atomic mass is 9.92. The van der Waals surface area contributed by atoms with Gasteiger partial charge in [-0.05, 0) is 18.1 Å². The highest BCUT2D eigenvalue weighted by Gasteiger charge is 2.14. The molecule has 0 fully saturated rings. The first-order valence-corrected chi connectivity index (χ1v) is 4.04. The molecule has 0 saturated heterocycles. The average Bonchev–Trinajstić information content (AvgIpc) is 2.18. The van der Waals surface area contributed by atoms with Gasteiger partial charge in [-0.15, -0.1) is 0 Å². The summed E-state index contributed by atoms with van der Waals surface area (Å²) in [6.45, 7) is 0. The van der Waals surface area contributed by atoms with Gasteiger partial charge in [0.05, 0.1) is 0 Å². The Kier molecular flexibility index (Phi) is 1.81. The SMILES string of the molecule is O=[C]c1cccc2c1CC=CC2=O. The molecular weight excluding hydrogens is 164 g/mol. The summed E-state index contributed by atoms with van der Waals surface area (Å²) in [5, 5.41) is 0. The Hall–Kier alpha value is -1.70. The van der Waals surface area contributed by atoms with Gasteiger partial charge < -0.3 is 0 Å². The molecule has 2 nitrogen and oxygen atoms in total. The number of hydrogen-bond acceptors (Lipinski definition) is 2. The van der Waals surface area contributed by atoms with Gasteiger partial charge in [0, 0.05) is 11.1 Å². The lowest BCUT2D eigenvalue weighted by Crippen LogP contribution is -2.07. The van der Waals surface area contributed by atoms with E-state index in [1.807, 2.05) is 6.29 Å². The molecule has 0 aliphatic heterocycles. The maximum atomic E-state index is 11.3. The molecule has 63 valence electrons. The lowest BCUT2D eigenvalue weighted by molar-refractivity contribution is 0.104. The van der Waals surface area contributed by atoms with Crippen LogP contribution in [-0.4, -0.2) is 12.1 Å². The predicted molar refractivity (Wildman–Crippen MR) is 48.4 cm³/mol. The number of hydrogen-bond donors (Lipinski definition) is 0. The summed E-state index contributed by atoms with van der Waals surface area (Å²) >= 11 is 0. The largest absolute Gasteiger partial charge is 0.289 e. The van der Waals surface area contributed by atoms with Crippen molar-refractivity contribution in [3.05, 3.63) is 47.0 Å². The molecule has 1 aliphatic rings. The standard InChI is InChI=1S/C11H7O2/c12-7-8-3-1-5-10-9(8)4-2-6-11(10)13/h1-3,5-6H,4H2. The summed E-state index contributed by atoms with van der Waals surface area (Å²) in [6, 6.07) is 5.12. The Labute approximate surface area is 75.9 Å². The van der Waals surface area contributed by atoms with Crippen molar-refractivity contribution < 1.29 is 9.59 Å². The molecule has 1 radical (unpaired) electrons. The third-order valence-corrected chi connectivity index (χ3v) is 2.14. The zero-order chi connectivity index (χ0) is 9.26. The summed E-state index contributed by atoms with van der Waals surface area (Å²) in [6.07, 6.45) is 5.79. The zero-order valence-corrected chi connectivity index (χ0v) is 6.91. The topological polar surface area (TPSA) is 34.1 Å². The van der Waals surface area contributed by atoms with Crippen LogP contribution in [0.3, 0.4) is 0 Å². The molecule has 0 atom stereocenters. The molecule has 0 bridgehead atoms. The van der Waals surface area contributed by atoms with Gasteiger partial charge in [0.1, 0.15) is 0 Å². The monoisotopic (exact) mass is 171 g/mol. The minimum atomic E-state index is -0.0293. The summed E-state index contributed by atoms with van der Waals surface area (Å²) in [5.74, 6) is -0.0293. The van der Waals surface area contributed by atoms with Crippen LogP contribution in [0.2, 0.25) is 0 Å². The van der Waals surface area contributed by atoms with E-state index in [2.05, 4.69) is 0 Å². The molecule has 0 N–H and O–H groups in total. The highest BCUT2D eigenvalue weighted by Crippen LogP contribution is 2.19. The summed E-state index contributed by atoms with van der Waals surface area (Å²) < 4.78 is 0. The van der Waals surface area contributed by atoms with Crippen LogP contribution >= 0.6 is 0 Å². The van der Waals surface area contributed by atoms with Crippen LogP contribution in [0.1, 0.15) is 21.5 Å². The van der Waals surface area contributed by atoms with Crippen LogP contribution in [0, 0.1) is 0 Å². The molecule has 0 saturated carbocycles. The zero-order valence-electron chi connectivity index (χ0n) is 6.91. The molecule has 0 heterocycles. The minimum absolute atomic E-state index is 0.0293. The molecule has 0 aromatic heterocycles. The van der Waals surface area contributed by atoms with Crippen LogP contribution in [0.15, 0.2) is 30.4 Å². The summed E-state index contributed by atoms with van der Waals surface area (Å²) in [7, 11) is 0. The minimum Gasteiger partial charge on any atom is -0.289 e. The molecule has 13 heavy (non-hydrogen) atoms. The number of carbonyl (C=O) groups excluding carboxylic acids is 2. The fraction of sp³-hybridized carbons (Fsp3) is 0.0909. The second-order valence-corrected chi connectivity index (χ2v) is 2.90.